The maximum atomic E-state index is 8.57. The van der Waals surface area contributed by atoms with E-state index in [-0.39, 0.29) is 6.61 Å². The summed E-state index contributed by atoms with van der Waals surface area (Å²) in [6, 6.07) is 8.19. The molecule has 0 saturated heterocycles. The van der Waals surface area contributed by atoms with Crippen LogP contribution in [0.25, 0.3) is 0 Å². The third-order valence-corrected chi connectivity index (χ3v) is 2.77. The first-order valence-corrected chi connectivity index (χ1v) is 6.33. The first kappa shape index (κ1) is 14.5. The normalized spacial score (nSPS) is 12.6. The molecule has 17 heavy (non-hydrogen) atoms. The van der Waals surface area contributed by atoms with E-state index in [1.807, 2.05) is 18.2 Å². The van der Waals surface area contributed by atoms with E-state index >= 15 is 0 Å². The number of hydrogen-bond donors (Lipinski definition) is 2. The van der Waals surface area contributed by atoms with E-state index in [9.17, 15) is 0 Å². The average Bonchev–Trinajstić information content (AvgIpc) is 2.34. The predicted octanol–water partition coefficient (Wildman–Crippen LogP) is 2.39. The van der Waals surface area contributed by atoms with Crippen LogP contribution in [-0.4, -0.2) is 31.5 Å². The van der Waals surface area contributed by atoms with Crippen molar-refractivity contribution in [2.24, 2.45) is 0 Å². The van der Waals surface area contributed by atoms with Crippen LogP contribution >= 0.6 is 11.6 Å². The van der Waals surface area contributed by atoms with Crippen LogP contribution in [0, 0.1) is 0 Å². The minimum atomic E-state index is 0.0749. The van der Waals surface area contributed by atoms with Gasteiger partial charge in [0, 0.05) is 17.6 Å². The molecule has 0 fully saturated rings. The fourth-order valence-electron chi connectivity index (χ4n) is 1.69. The second kappa shape index (κ2) is 8.48. The van der Waals surface area contributed by atoms with Gasteiger partial charge in [-0.2, -0.15) is 0 Å². The van der Waals surface area contributed by atoms with Crippen LogP contribution in [0.4, 0.5) is 0 Å². The lowest BCUT2D eigenvalue weighted by Crippen LogP contribution is -2.25. The van der Waals surface area contributed by atoms with Gasteiger partial charge in [-0.15, -0.1) is 0 Å². The van der Waals surface area contributed by atoms with Gasteiger partial charge >= 0.3 is 0 Å². The van der Waals surface area contributed by atoms with E-state index < -0.39 is 0 Å². The largest absolute Gasteiger partial charge is 0.394 e. The average molecular weight is 258 g/mol. The number of ether oxygens (including phenoxy) is 1. The van der Waals surface area contributed by atoms with Crippen molar-refractivity contribution in [2.45, 2.75) is 19.4 Å². The van der Waals surface area contributed by atoms with Gasteiger partial charge in [0.2, 0.25) is 0 Å². The van der Waals surface area contributed by atoms with Crippen molar-refractivity contribution in [1.82, 2.24) is 5.32 Å². The molecule has 1 unspecified atom stereocenters. The zero-order valence-corrected chi connectivity index (χ0v) is 10.9. The molecule has 0 aliphatic heterocycles. The van der Waals surface area contributed by atoms with Crippen LogP contribution in [0.15, 0.2) is 24.3 Å². The van der Waals surface area contributed by atoms with Crippen molar-refractivity contribution < 1.29 is 9.84 Å². The molecule has 4 heteroatoms. The summed E-state index contributed by atoms with van der Waals surface area (Å²) < 4.78 is 5.20. The molecule has 96 valence electrons. The van der Waals surface area contributed by atoms with Gasteiger partial charge in [-0.05, 0) is 24.1 Å². The molecule has 0 spiro atoms. The minimum Gasteiger partial charge on any atom is -0.394 e. The van der Waals surface area contributed by atoms with Gasteiger partial charge in [-0.1, -0.05) is 30.7 Å². The number of hydrogen-bond acceptors (Lipinski definition) is 3. The zero-order valence-electron chi connectivity index (χ0n) is 10.2. The Morgan fingerprint density at radius 1 is 1.41 bits per heavy atom. The number of halogens is 1. The summed E-state index contributed by atoms with van der Waals surface area (Å²) in [4.78, 5) is 0. The standard InChI is InChI=1S/C13H20ClNO2/c1-2-13(15-6-8-17-9-7-16)11-4-3-5-12(14)10-11/h3-5,10,13,15-16H,2,6-9H2,1H3. The summed E-state index contributed by atoms with van der Waals surface area (Å²) in [5.41, 5.74) is 1.20. The first-order chi connectivity index (χ1) is 8.27. The molecule has 3 nitrogen and oxygen atoms in total. The summed E-state index contributed by atoms with van der Waals surface area (Å²) >= 11 is 5.97. The highest BCUT2D eigenvalue weighted by molar-refractivity contribution is 6.30. The monoisotopic (exact) mass is 257 g/mol. The molecular weight excluding hydrogens is 238 g/mol. The van der Waals surface area contributed by atoms with Gasteiger partial charge in [-0.25, -0.2) is 0 Å². The minimum absolute atomic E-state index is 0.0749. The summed E-state index contributed by atoms with van der Waals surface area (Å²) in [6.45, 7) is 3.98. The van der Waals surface area contributed by atoms with Crippen molar-refractivity contribution in [3.05, 3.63) is 34.9 Å². The highest BCUT2D eigenvalue weighted by Gasteiger charge is 2.08. The van der Waals surface area contributed by atoms with Crippen molar-refractivity contribution in [2.75, 3.05) is 26.4 Å². The molecule has 0 aliphatic carbocycles. The van der Waals surface area contributed by atoms with Crippen molar-refractivity contribution in [3.8, 4) is 0 Å². The number of aliphatic hydroxyl groups excluding tert-OH is 1. The third kappa shape index (κ3) is 5.50. The first-order valence-electron chi connectivity index (χ1n) is 5.95. The van der Waals surface area contributed by atoms with Crippen molar-refractivity contribution in [1.29, 1.82) is 0 Å². The van der Waals surface area contributed by atoms with E-state index in [2.05, 4.69) is 18.3 Å². The van der Waals surface area contributed by atoms with Gasteiger partial charge in [0.05, 0.1) is 19.8 Å². The van der Waals surface area contributed by atoms with Gasteiger partial charge < -0.3 is 15.2 Å². The maximum Gasteiger partial charge on any atom is 0.0698 e. The molecule has 0 heterocycles. The number of nitrogens with one attached hydrogen (secondary N) is 1. The molecule has 1 aromatic rings. The Morgan fingerprint density at radius 3 is 2.88 bits per heavy atom. The van der Waals surface area contributed by atoms with E-state index in [0.717, 1.165) is 18.0 Å². The van der Waals surface area contributed by atoms with Crippen LogP contribution in [0.5, 0.6) is 0 Å². The highest BCUT2D eigenvalue weighted by Crippen LogP contribution is 2.19. The van der Waals surface area contributed by atoms with Crippen LogP contribution in [0.1, 0.15) is 24.9 Å². The Kier molecular flexibility index (Phi) is 7.21. The molecule has 1 atom stereocenters. The number of benzene rings is 1. The molecular formula is C13H20ClNO2. The Hall–Kier alpha value is -0.610. The fourth-order valence-corrected chi connectivity index (χ4v) is 1.89. The lowest BCUT2D eigenvalue weighted by atomic mass is 10.0. The highest BCUT2D eigenvalue weighted by atomic mass is 35.5. The van der Waals surface area contributed by atoms with Crippen LogP contribution in [-0.2, 0) is 4.74 Å². The van der Waals surface area contributed by atoms with Crippen molar-refractivity contribution >= 4 is 11.6 Å². The molecule has 2 N–H and O–H groups in total. The Balaban J connectivity index is 2.38. The molecule has 0 saturated carbocycles. The Morgan fingerprint density at radius 2 is 2.24 bits per heavy atom. The topological polar surface area (TPSA) is 41.5 Å². The number of aliphatic hydroxyl groups is 1. The van der Waals surface area contributed by atoms with Gasteiger partial charge in [0.1, 0.15) is 0 Å². The number of rotatable bonds is 8. The van der Waals surface area contributed by atoms with Crippen LogP contribution in [0.2, 0.25) is 5.02 Å². The molecule has 1 aromatic carbocycles. The van der Waals surface area contributed by atoms with Gasteiger partial charge in [0.15, 0.2) is 0 Å². The lowest BCUT2D eigenvalue weighted by molar-refractivity contribution is 0.0925. The van der Waals surface area contributed by atoms with Crippen LogP contribution < -0.4 is 5.32 Å². The quantitative estimate of drug-likeness (QED) is 0.703. The SMILES string of the molecule is CCC(NCCOCCO)c1cccc(Cl)c1. The van der Waals surface area contributed by atoms with E-state index in [0.29, 0.717) is 19.3 Å². The molecule has 1 rings (SSSR count). The van der Waals surface area contributed by atoms with E-state index in [1.165, 1.54) is 5.56 Å². The molecule has 0 radical (unpaired) electrons. The Labute approximate surface area is 108 Å². The second-order valence-corrected chi connectivity index (χ2v) is 4.24. The molecule has 0 bridgehead atoms. The fraction of sp³-hybridized carbons (Fsp3) is 0.538. The zero-order chi connectivity index (χ0) is 12.5. The third-order valence-electron chi connectivity index (χ3n) is 2.53. The summed E-state index contributed by atoms with van der Waals surface area (Å²) in [6.07, 6.45) is 1.00. The summed E-state index contributed by atoms with van der Waals surface area (Å²) in [5.74, 6) is 0. The van der Waals surface area contributed by atoms with Gasteiger partial charge in [-0.3, -0.25) is 0 Å². The lowest BCUT2D eigenvalue weighted by Gasteiger charge is -2.17. The van der Waals surface area contributed by atoms with Crippen molar-refractivity contribution in [3.63, 3.8) is 0 Å². The van der Waals surface area contributed by atoms with Gasteiger partial charge in [0.25, 0.3) is 0 Å². The second-order valence-electron chi connectivity index (χ2n) is 3.81. The maximum absolute atomic E-state index is 8.57. The van der Waals surface area contributed by atoms with Crippen LogP contribution in [0.3, 0.4) is 0 Å². The molecule has 0 amide bonds. The summed E-state index contributed by atoms with van der Waals surface area (Å²) in [5, 5.41) is 12.7. The molecule has 0 aromatic heterocycles. The Bertz CT molecular complexity index is 320. The predicted molar refractivity (Wildman–Crippen MR) is 70.4 cm³/mol. The summed E-state index contributed by atoms with van der Waals surface area (Å²) in [7, 11) is 0. The van der Waals surface area contributed by atoms with E-state index in [4.69, 9.17) is 21.4 Å². The molecule has 0 aliphatic rings. The van der Waals surface area contributed by atoms with E-state index in [1.54, 1.807) is 0 Å². The smallest absolute Gasteiger partial charge is 0.0698 e.